The predicted molar refractivity (Wildman–Crippen MR) is 89.6 cm³/mol. The molecule has 4 rings (SSSR count). The number of hydrogen-bond donors (Lipinski definition) is 1. The van der Waals surface area contributed by atoms with E-state index >= 15 is 0 Å². The first-order valence-corrected chi connectivity index (χ1v) is 7.85. The van der Waals surface area contributed by atoms with Crippen LogP contribution in [0, 0.1) is 5.82 Å². The van der Waals surface area contributed by atoms with Crippen LogP contribution in [0.25, 0.3) is 21.9 Å². The molecule has 2 heterocycles. The molecule has 1 N–H and O–H groups in total. The van der Waals surface area contributed by atoms with E-state index in [-0.39, 0.29) is 16.4 Å². The molecule has 0 spiro atoms. The summed E-state index contributed by atoms with van der Waals surface area (Å²) in [6, 6.07) is 9.99. The zero-order chi connectivity index (χ0) is 15.8. The second-order valence-electron chi connectivity index (χ2n) is 5.82. The summed E-state index contributed by atoms with van der Waals surface area (Å²) < 4.78 is 19.7. The van der Waals surface area contributed by atoms with Crippen LogP contribution in [-0.4, -0.2) is 26.2 Å². The summed E-state index contributed by atoms with van der Waals surface area (Å²) in [7, 11) is 0. The Balaban J connectivity index is 1.89. The van der Waals surface area contributed by atoms with Gasteiger partial charge in [0.2, 0.25) is 5.43 Å². The molecule has 1 aliphatic rings. The van der Waals surface area contributed by atoms with E-state index in [0.29, 0.717) is 11.0 Å². The second-order valence-corrected chi connectivity index (χ2v) is 5.82. The number of nitrogens with zero attached hydrogens (tertiary/aromatic N) is 1. The summed E-state index contributed by atoms with van der Waals surface area (Å²) in [5.41, 5.74) is 1.27. The van der Waals surface area contributed by atoms with Gasteiger partial charge in [0.1, 0.15) is 5.58 Å². The first-order chi connectivity index (χ1) is 11.2. The lowest BCUT2D eigenvalue weighted by Crippen LogP contribution is -2.27. The Morgan fingerprint density at radius 2 is 2.00 bits per heavy atom. The molecule has 4 nitrogen and oxygen atoms in total. The molecule has 0 radical (unpaired) electrons. The van der Waals surface area contributed by atoms with Gasteiger partial charge in [-0.05, 0) is 37.2 Å². The van der Waals surface area contributed by atoms with Crippen molar-refractivity contribution in [3.05, 3.63) is 52.4 Å². The van der Waals surface area contributed by atoms with Crippen molar-refractivity contribution in [2.75, 3.05) is 31.1 Å². The third-order valence-corrected chi connectivity index (χ3v) is 4.34. The summed E-state index contributed by atoms with van der Waals surface area (Å²) >= 11 is 0. The average Bonchev–Trinajstić information content (AvgIpc) is 2.85. The molecule has 118 valence electrons. The molecule has 0 unspecified atom stereocenters. The van der Waals surface area contributed by atoms with Crippen LogP contribution >= 0.6 is 0 Å². The molecule has 0 atom stereocenters. The molecule has 23 heavy (non-hydrogen) atoms. The first kappa shape index (κ1) is 14.2. The maximum Gasteiger partial charge on any atom is 0.200 e. The van der Waals surface area contributed by atoms with Gasteiger partial charge in [0.15, 0.2) is 11.4 Å². The molecule has 0 amide bonds. The van der Waals surface area contributed by atoms with E-state index in [1.807, 2.05) is 12.1 Å². The highest BCUT2D eigenvalue weighted by Gasteiger charge is 2.14. The van der Waals surface area contributed by atoms with Crippen molar-refractivity contribution in [1.82, 2.24) is 5.32 Å². The fourth-order valence-corrected chi connectivity index (χ4v) is 3.13. The molecular weight excluding hydrogens is 295 g/mol. The van der Waals surface area contributed by atoms with Crippen LogP contribution < -0.4 is 15.6 Å². The van der Waals surface area contributed by atoms with Crippen LogP contribution in [0.2, 0.25) is 0 Å². The Kier molecular flexibility index (Phi) is 3.50. The number of para-hydroxylation sites is 1. The summed E-state index contributed by atoms with van der Waals surface area (Å²) in [5.74, 6) is -0.508. The number of fused-ring (bicyclic) bond motifs is 2. The van der Waals surface area contributed by atoms with Crippen molar-refractivity contribution in [1.29, 1.82) is 0 Å². The number of benzene rings is 2. The minimum absolute atomic E-state index is 0.0275. The fraction of sp³-hybridized carbons (Fsp3) is 0.278. The fourth-order valence-electron chi connectivity index (χ4n) is 3.13. The molecule has 1 saturated heterocycles. The SMILES string of the molecule is O=c1c2ccc(N3CCCNCC3)cc2oc2c(F)cccc12. The van der Waals surface area contributed by atoms with Gasteiger partial charge in [-0.1, -0.05) is 6.07 Å². The van der Waals surface area contributed by atoms with Crippen molar-refractivity contribution in [3.8, 4) is 0 Å². The molecular formula is C18H17FN2O2. The number of rotatable bonds is 1. The minimum atomic E-state index is -0.508. The predicted octanol–water partition coefficient (Wildman–Crippen LogP) is 2.89. The Morgan fingerprint density at radius 3 is 2.91 bits per heavy atom. The number of nitrogens with one attached hydrogen (secondary N) is 1. The summed E-state index contributed by atoms with van der Waals surface area (Å²) in [4.78, 5) is 14.8. The third kappa shape index (κ3) is 2.47. The van der Waals surface area contributed by atoms with Crippen LogP contribution in [0.4, 0.5) is 10.1 Å². The van der Waals surface area contributed by atoms with Crippen molar-refractivity contribution in [3.63, 3.8) is 0 Å². The van der Waals surface area contributed by atoms with Crippen molar-refractivity contribution < 1.29 is 8.81 Å². The molecule has 0 bridgehead atoms. The van der Waals surface area contributed by atoms with Gasteiger partial charge in [0.25, 0.3) is 0 Å². The Bertz CT molecular complexity index is 927. The third-order valence-electron chi connectivity index (χ3n) is 4.34. The Hall–Kier alpha value is -2.40. The van der Waals surface area contributed by atoms with Gasteiger partial charge >= 0.3 is 0 Å². The van der Waals surface area contributed by atoms with E-state index < -0.39 is 5.82 Å². The first-order valence-electron chi connectivity index (χ1n) is 7.85. The minimum Gasteiger partial charge on any atom is -0.453 e. The smallest absolute Gasteiger partial charge is 0.200 e. The molecule has 3 aromatic rings. The molecule has 1 aromatic heterocycles. The largest absolute Gasteiger partial charge is 0.453 e. The highest BCUT2D eigenvalue weighted by atomic mass is 19.1. The lowest BCUT2D eigenvalue weighted by atomic mass is 10.1. The zero-order valence-electron chi connectivity index (χ0n) is 12.6. The van der Waals surface area contributed by atoms with Crippen molar-refractivity contribution in [2.45, 2.75) is 6.42 Å². The zero-order valence-corrected chi connectivity index (χ0v) is 12.6. The van der Waals surface area contributed by atoms with Crippen LogP contribution in [0.5, 0.6) is 0 Å². The maximum atomic E-state index is 14.0. The molecule has 1 fully saturated rings. The van der Waals surface area contributed by atoms with Crippen LogP contribution in [0.1, 0.15) is 6.42 Å². The van der Waals surface area contributed by atoms with Gasteiger partial charge in [-0.2, -0.15) is 0 Å². The number of halogens is 1. The number of hydrogen-bond acceptors (Lipinski definition) is 4. The van der Waals surface area contributed by atoms with Gasteiger partial charge in [-0.15, -0.1) is 0 Å². The standard InChI is InChI=1S/C18H17FN2O2/c19-15-4-1-3-14-17(22)13-6-5-12(11-16(13)23-18(14)15)21-9-2-7-20-8-10-21/h1,3-6,11,20H,2,7-10H2. The summed E-state index contributed by atoms with van der Waals surface area (Å²) in [6.07, 6.45) is 1.06. The van der Waals surface area contributed by atoms with Crippen molar-refractivity contribution >= 4 is 27.6 Å². The topological polar surface area (TPSA) is 45.5 Å². The monoisotopic (exact) mass is 312 g/mol. The van der Waals surface area contributed by atoms with E-state index in [1.54, 1.807) is 12.1 Å². The highest BCUT2D eigenvalue weighted by Crippen LogP contribution is 2.25. The van der Waals surface area contributed by atoms with Gasteiger partial charge in [-0.25, -0.2) is 4.39 Å². The Labute approximate surface area is 132 Å². The molecule has 2 aromatic carbocycles. The second kappa shape index (κ2) is 5.66. The lowest BCUT2D eigenvalue weighted by molar-refractivity contribution is 0.579. The van der Waals surface area contributed by atoms with Crippen LogP contribution in [-0.2, 0) is 0 Å². The summed E-state index contributed by atoms with van der Waals surface area (Å²) in [5, 5.41) is 4.13. The molecule has 5 heteroatoms. The van der Waals surface area contributed by atoms with Gasteiger partial charge in [0, 0.05) is 31.4 Å². The molecule has 0 saturated carbocycles. The Morgan fingerprint density at radius 1 is 1.09 bits per heavy atom. The van der Waals surface area contributed by atoms with Crippen LogP contribution in [0.3, 0.4) is 0 Å². The molecule has 0 aliphatic carbocycles. The van der Waals surface area contributed by atoms with E-state index in [9.17, 15) is 9.18 Å². The van der Waals surface area contributed by atoms with Gasteiger partial charge < -0.3 is 14.6 Å². The van der Waals surface area contributed by atoms with E-state index in [4.69, 9.17) is 4.42 Å². The van der Waals surface area contributed by atoms with E-state index in [2.05, 4.69) is 10.2 Å². The highest BCUT2D eigenvalue weighted by molar-refractivity contribution is 5.91. The van der Waals surface area contributed by atoms with Gasteiger partial charge in [0.05, 0.1) is 10.8 Å². The summed E-state index contributed by atoms with van der Waals surface area (Å²) in [6.45, 7) is 3.78. The normalized spacial score (nSPS) is 16.0. The quantitative estimate of drug-likeness (QED) is 0.702. The van der Waals surface area contributed by atoms with Crippen molar-refractivity contribution in [2.24, 2.45) is 0 Å². The maximum absolute atomic E-state index is 14.0. The van der Waals surface area contributed by atoms with E-state index in [0.717, 1.165) is 38.3 Å². The van der Waals surface area contributed by atoms with Gasteiger partial charge in [-0.3, -0.25) is 4.79 Å². The number of anilines is 1. The molecule has 1 aliphatic heterocycles. The van der Waals surface area contributed by atoms with E-state index in [1.165, 1.54) is 12.1 Å². The van der Waals surface area contributed by atoms with Crippen LogP contribution in [0.15, 0.2) is 45.6 Å². The average molecular weight is 312 g/mol. The lowest BCUT2D eigenvalue weighted by Gasteiger charge is -2.22.